The SMILES string of the molecule is CNc1ncnc(Sc2nnnn2C2CC2)c1OC. The number of methoxy groups -OCH3 is 1. The summed E-state index contributed by atoms with van der Waals surface area (Å²) >= 11 is 1.38. The number of ether oxygens (including phenoxy) is 1. The topological polar surface area (TPSA) is 90.6 Å². The second-order valence-corrected chi connectivity index (χ2v) is 5.01. The molecule has 0 saturated heterocycles. The lowest BCUT2D eigenvalue weighted by Gasteiger charge is -2.10. The van der Waals surface area contributed by atoms with Gasteiger partial charge in [0, 0.05) is 7.05 Å². The fourth-order valence-corrected chi connectivity index (χ4v) is 2.58. The van der Waals surface area contributed by atoms with E-state index in [1.54, 1.807) is 14.2 Å². The van der Waals surface area contributed by atoms with Crippen LogP contribution in [0.3, 0.4) is 0 Å². The van der Waals surface area contributed by atoms with E-state index in [4.69, 9.17) is 4.74 Å². The van der Waals surface area contributed by atoms with Crippen LogP contribution in [-0.2, 0) is 0 Å². The molecule has 1 aliphatic carbocycles. The zero-order valence-corrected chi connectivity index (χ0v) is 11.4. The van der Waals surface area contributed by atoms with Gasteiger partial charge < -0.3 is 10.1 Å². The number of tetrazole rings is 1. The van der Waals surface area contributed by atoms with E-state index in [9.17, 15) is 0 Å². The Bertz CT molecular complexity index is 583. The third-order valence-electron chi connectivity index (χ3n) is 2.76. The van der Waals surface area contributed by atoms with E-state index in [1.165, 1.54) is 18.1 Å². The van der Waals surface area contributed by atoms with Crippen molar-refractivity contribution in [1.29, 1.82) is 0 Å². The summed E-state index contributed by atoms with van der Waals surface area (Å²) in [6.45, 7) is 0. The number of hydrogen-bond donors (Lipinski definition) is 1. The van der Waals surface area contributed by atoms with Gasteiger partial charge in [-0.1, -0.05) is 0 Å². The average molecular weight is 279 g/mol. The Kier molecular flexibility index (Phi) is 3.20. The van der Waals surface area contributed by atoms with Crippen LogP contribution in [0.1, 0.15) is 18.9 Å². The molecule has 8 nitrogen and oxygen atoms in total. The molecule has 1 fully saturated rings. The number of aromatic nitrogens is 6. The maximum absolute atomic E-state index is 5.35. The maximum Gasteiger partial charge on any atom is 0.216 e. The molecule has 0 unspecified atom stereocenters. The van der Waals surface area contributed by atoms with Gasteiger partial charge in [-0.3, -0.25) is 0 Å². The minimum absolute atomic E-state index is 0.425. The van der Waals surface area contributed by atoms with E-state index < -0.39 is 0 Å². The van der Waals surface area contributed by atoms with Gasteiger partial charge in [0.15, 0.2) is 16.6 Å². The summed E-state index contributed by atoms with van der Waals surface area (Å²) < 4.78 is 7.18. The molecular weight excluding hydrogens is 266 g/mol. The zero-order chi connectivity index (χ0) is 13.2. The van der Waals surface area contributed by atoms with Crippen LogP contribution in [0.5, 0.6) is 5.75 Å². The molecule has 0 spiro atoms. The second kappa shape index (κ2) is 5.00. The molecule has 19 heavy (non-hydrogen) atoms. The molecule has 2 aromatic rings. The molecule has 2 heterocycles. The monoisotopic (exact) mass is 279 g/mol. The summed E-state index contributed by atoms with van der Waals surface area (Å²) in [6.07, 6.45) is 3.74. The van der Waals surface area contributed by atoms with Crippen LogP contribution < -0.4 is 10.1 Å². The highest BCUT2D eigenvalue weighted by Gasteiger charge is 2.28. The van der Waals surface area contributed by atoms with Gasteiger partial charge in [-0.15, -0.1) is 5.10 Å². The van der Waals surface area contributed by atoms with Crippen molar-refractivity contribution >= 4 is 17.6 Å². The van der Waals surface area contributed by atoms with Crippen LogP contribution in [0.15, 0.2) is 16.5 Å². The molecule has 1 saturated carbocycles. The molecule has 3 rings (SSSR count). The van der Waals surface area contributed by atoms with Crippen molar-refractivity contribution in [3.63, 3.8) is 0 Å². The van der Waals surface area contributed by atoms with Crippen LogP contribution in [0.25, 0.3) is 0 Å². The molecule has 1 N–H and O–H groups in total. The fourth-order valence-electron chi connectivity index (χ4n) is 1.68. The van der Waals surface area contributed by atoms with E-state index in [0.717, 1.165) is 18.0 Å². The van der Waals surface area contributed by atoms with E-state index in [0.29, 0.717) is 22.6 Å². The van der Waals surface area contributed by atoms with Gasteiger partial charge in [-0.2, -0.15) is 0 Å². The quantitative estimate of drug-likeness (QED) is 0.811. The predicted molar refractivity (Wildman–Crippen MR) is 68.3 cm³/mol. The largest absolute Gasteiger partial charge is 0.490 e. The van der Waals surface area contributed by atoms with Crippen LogP contribution in [0, 0.1) is 0 Å². The summed E-state index contributed by atoms with van der Waals surface area (Å²) in [5.41, 5.74) is 0. The highest BCUT2D eigenvalue weighted by molar-refractivity contribution is 7.99. The minimum atomic E-state index is 0.425. The van der Waals surface area contributed by atoms with Gasteiger partial charge in [-0.25, -0.2) is 14.6 Å². The van der Waals surface area contributed by atoms with Crippen LogP contribution in [0.2, 0.25) is 0 Å². The van der Waals surface area contributed by atoms with E-state index in [2.05, 4.69) is 30.8 Å². The standard InChI is InChI=1S/C10H13N7OS/c1-11-8-7(18-2)9(13-5-12-8)19-10-14-15-16-17(10)6-3-4-6/h5-6H,3-4H2,1-2H3,(H,11,12,13). The first-order chi connectivity index (χ1) is 9.33. The van der Waals surface area contributed by atoms with Crippen LogP contribution in [-0.4, -0.2) is 44.3 Å². The second-order valence-electron chi connectivity index (χ2n) is 4.05. The first-order valence-electron chi connectivity index (χ1n) is 5.86. The lowest BCUT2D eigenvalue weighted by molar-refractivity contribution is 0.400. The Hall–Kier alpha value is -1.90. The average Bonchev–Trinajstić information content (AvgIpc) is 3.19. The van der Waals surface area contributed by atoms with Gasteiger partial charge in [0.05, 0.1) is 13.2 Å². The molecule has 9 heteroatoms. The highest BCUT2D eigenvalue weighted by atomic mass is 32.2. The summed E-state index contributed by atoms with van der Waals surface area (Å²) in [4.78, 5) is 8.34. The number of rotatable bonds is 5. The molecule has 0 aliphatic heterocycles. The molecule has 0 bridgehead atoms. The first kappa shape index (κ1) is 12.2. The smallest absolute Gasteiger partial charge is 0.216 e. The third-order valence-corrected chi connectivity index (χ3v) is 3.69. The number of anilines is 1. The molecule has 0 atom stereocenters. The van der Waals surface area contributed by atoms with E-state index in [1.807, 2.05) is 4.68 Å². The van der Waals surface area contributed by atoms with Crippen molar-refractivity contribution in [2.24, 2.45) is 0 Å². The predicted octanol–water partition coefficient (Wildman–Crippen LogP) is 0.999. The van der Waals surface area contributed by atoms with Gasteiger partial charge >= 0.3 is 0 Å². The van der Waals surface area contributed by atoms with Gasteiger partial charge in [0.2, 0.25) is 5.16 Å². The Labute approximate surface area is 114 Å². The van der Waals surface area contributed by atoms with Crippen LogP contribution in [0.4, 0.5) is 5.82 Å². The lowest BCUT2D eigenvalue weighted by Crippen LogP contribution is -2.02. The van der Waals surface area contributed by atoms with E-state index in [-0.39, 0.29) is 0 Å². The molecule has 2 aromatic heterocycles. The first-order valence-corrected chi connectivity index (χ1v) is 6.67. The van der Waals surface area contributed by atoms with Crippen LogP contribution >= 0.6 is 11.8 Å². The summed E-state index contributed by atoms with van der Waals surface area (Å²) in [7, 11) is 3.38. The summed E-state index contributed by atoms with van der Waals surface area (Å²) in [6, 6.07) is 0.425. The van der Waals surface area contributed by atoms with Gasteiger partial charge in [0.25, 0.3) is 0 Å². The van der Waals surface area contributed by atoms with Gasteiger partial charge in [-0.05, 0) is 35.0 Å². The Balaban J connectivity index is 1.92. The van der Waals surface area contributed by atoms with Gasteiger partial charge in [0.1, 0.15) is 6.33 Å². The van der Waals surface area contributed by atoms with Crippen molar-refractivity contribution in [1.82, 2.24) is 30.2 Å². The van der Waals surface area contributed by atoms with Crippen molar-refractivity contribution in [2.75, 3.05) is 19.5 Å². The molecular formula is C10H13N7OS. The van der Waals surface area contributed by atoms with Crippen molar-refractivity contribution in [3.05, 3.63) is 6.33 Å². The number of nitrogens with zero attached hydrogens (tertiary/aromatic N) is 6. The zero-order valence-electron chi connectivity index (χ0n) is 10.6. The lowest BCUT2D eigenvalue weighted by atomic mass is 10.5. The van der Waals surface area contributed by atoms with Crippen molar-refractivity contribution in [2.45, 2.75) is 29.1 Å². The Morgan fingerprint density at radius 2 is 2.26 bits per heavy atom. The molecule has 0 radical (unpaired) electrons. The number of nitrogens with one attached hydrogen (secondary N) is 1. The Morgan fingerprint density at radius 1 is 1.42 bits per heavy atom. The van der Waals surface area contributed by atoms with E-state index >= 15 is 0 Å². The number of hydrogen-bond acceptors (Lipinski definition) is 8. The molecule has 1 aliphatic rings. The van der Waals surface area contributed by atoms with Crippen molar-refractivity contribution in [3.8, 4) is 5.75 Å². The van der Waals surface area contributed by atoms with Crippen molar-refractivity contribution < 1.29 is 4.74 Å². The normalized spacial score (nSPS) is 14.4. The summed E-state index contributed by atoms with van der Waals surface area (Å²) in [5, 5.41) is 16.1. The Morgan fingerprint density at radius 3 is 2.95 bits per heavy atom. The minimum Gasteiger partial charge on any atom is -0.490 e. The third kappa shape index (κ3) is 2.33. The molecule has 0 aromatic carbocycles. The summed E-state index contributed by atoms with van der Waals surface area (Å²) in [5.74, 6) is 1.24. The highest BCUT2D eigenvalue weighted by Crippen LogP contribution is 2.40. The maximum atomic E-state index is 5.35. The fraction of sp³-hybridized carbons (Fsp3) is 0.500. The molecule has 0 amide bonds. The molecule has 100 valence electrons.